The molecule has 0 unspecified atom stereocenters. The minimum absolute atomic E-state index is 0.0379. The van der Waals surface area contributed by atoms with Crippen LogP contribution in [0.4, 0.5) is 10.1 Å². The average molecular weight is 265 g/mol. The van der Waals surface area contributed by atoms with Crippen molar-refractivity contribution >= 4 is 22.9 Å². The largest absolute Gasteiger partial charge is 0.399 e. The van der Waals surface area contributed by atoms with Crippen molar-refractivity contribution in [1.82, 2.24) is 10.3 Å². The first-order valence-electron chi connectivity index (χ1n) is 5.30. The fourth-order valence-electron chi connectivity index (χ4n) is 1.55. The van der Waals surface area contributed by atoms with Gasteiger partial charge >= 0.3 is 0 Å². The fourth-order valence-corrected chi connectivity index (χ4v) is 2.11. The van der Waals surface area contributed by atoms with Crippen LogP contribution in [0.1, 0.15) is 20.9 Å². The van der Waals surface area contributed by atoms with Gasteiger partial charge in [-0.05, 0) is 24.6 Å². The smallest absolute Gasteiger partial charge is 0.254 e. The number of hydrogen-bond acceptors (Lipinski definition) is 4. The van der Waals surface area contributed by atoms with E-state index in [0.717, 1.165) is 5.01 Å². The molecule has 0 aliphatic heterocycles. The number of aromatic nitrogens is 1. The maximum atomic E-state index is 13.8. The van der Waals surface area contributed by atoms with Crippen molar-refractivity contribution in [3.8, 4) is 0 Å². The van der Waals surface area contributed by atoms with E-state index in [-0.39, 0.29) is 12.1 Å². The quantitative estimate of drug-likeness (QED) is 0.835. The number of carbonyl (C=O) groups excluding carboxylic acids is 1. The summed E-state index contributed by atoms with van der Waals surface area (Å²) >= 11 is 1.43. The first kappa shape index (κ1) is 12.5. The minimum Gasteiger partial charge on any atom is -0.399 e. The Bertz CT molecular complexity index is 569. The van der Waals surface area contributed by atoms with E-state index in [9.17, 15) is 9.18 Å². The van der Waals surface area contributed by atoms with Gasteiger partial charge in [0.2, 0.25) is 0 Å². The molecule has 0 radical (unpaired) electrons. The van der Waals surface area contributed by atoms with Crippen LogP contribution in [0.2, 0.25) is 0 Å². The lowest BCUT2D eigenvalue weighted by Gasteiger charge is -2.07. The number of nitrogens with one attached hydrogen (secondary N) is 1. The molecule has 2 aromatic rings. The van der Waals surface area contributed by atoms with Crippen LogP contribution in [0.3, 0.4) is 0 Å². The summed E-state index contributed by atoms with van der Waals surface area (Å²) < 4.78 is 13.8. The molecule has 1 amide bonds. The fraction of sp³-hybridized carbons (Fsp3) is 0.167. The van der Waals surface area contributed by atoms with E-state index in [1.54, 1.807) is 13.1 Å². The second kappa shape index (κ2) is 5.14. The molecule has 0 saturated heterocycles. The van der Waals surface area contributed by atoms with Gasteiger partial charge in [0.05, 0.1) is 12.1 Å². The third kappa shape index (κ3) is 2.65. The first-order valence-corrected chi connectivity index (χ1v) is 6.18. The Morgan fingerprint density at radius 2 is 2.33 bits per heavy atom. The molecule has 94 valence electrons. The van der Waals surface area contributed by atoms with Crippen LogP contribution >= 0.6 is 11.3 Å². The normalized spacial score (nSPS) is 10.3. The van der Waals surface area contributed by atoms with Gasteiger partial charge in [-0.3, -0.25) is 4.79 Å². The van der Waals surface area contributed by atoms with Crippen LogP contribution in [-0.4, -0.2) is 10.9 Å². The first-order chi connectivity index (χ1) is 8.58. The van der Waals surface area contributed by atoms with Gasteiger partial charge in [0.15, 0.2) is 0 Å². The van der Waals surface area contributed by atoms with E-state index in [0.29, 0.717) is 11.3 Å². The zero-order chi connectivity index (χ0) is 13.1. The van der Waals surface area contributed by atoms with Crippen LogP contribution in [-0.2, 0) is 6.54 Å². The minimum atomic E-state index is -0.541. The Morgan fingerprint density at radius 1 is 1.56 bits per heavy atom. The summed E-state index contributed by atoms with van der Waals surface area (Å²) in [4.78, 5) is 15.9. The summed E-state index contributed by atoms with van der Waals surface area (Å²) in [6, 6.07) is 2.83. The van der Waals surface area contributed by atoms with Gasteiger partial charge in [0.25, 0.3) is 5.91 Å². The van der Waals surface area contributed by atoms with Crippen molar-refractivity contribution < 1.29 is 9.18 Å². The van der Waals surface area contributed by atoms with Gasteiger partial charge < -0.3 is 11.1 Å². The summed E-state index contributed by atoms with van der Waals surface area (Å²) in [5.74, 6) is -1.03. The number of hydrogen-bond donors (Lipinski definition) is 2. The molecule has 18 heavy (non-hydrogen) atoms. The van der Waals surface area contributed by atoms with Crippen LogP contribution in [0.5, 0.6) is 0 Å². The predicted molar refractivity (Wildman–Crippen MR) is 68.8 cm³/mol. The molecule has 1 aromatic carbocycles. The molecule has 0 saturated carbocycles. The van der Waals surface area contributed by atoms with Crippen molar-refractivity contribution in [3.63, 3.8) is 0 Å². The van der Waals surface area contributed by atoms with Crippen molar-refractivity contribution in [2.24, 2.45) is 0 Å². The van der Waals surface area contributed by atoms with Gasteiger partial charge in [-0.25, -0.2) is 9.37 Å². The molecule has 2 rings (SSSR count). The zero-order valence-corrected chi connectivity index (χ0v) is 10.6. The van der Waals surface area contributed by atoms with E-state index in [4.69, 9.17) is 5.73 Å². The maximum absolute atomic E-state index is 13.8. The number of amides is 1. The molecular formula is C12H12FN3OS. The zero-order valence-electron chi connectivity index (χ0n) is 9.74. The third-order valence-electron chi connectivity index (χ3n) is 2.41. The van der Waals surface area contributed by atoms with Crippen molar-refractivity contribution in [2.75, 3.05) is 5.73 Å². The molecule has 0 fully saturated rings. The molecule has 0 atom stereocenters. The molecular weight excluding hydrogens is 253 g/mol. The number of nitrogens with two attached hydrogens (primary N) is 1. The van der Waals surface area contributed by atoms with Gasteiger partial charge in [-0.1, -0.05) is 0 Å². The van der Waals surface area contributed by atoms with E-state index in [2.05, 4.69) is 10.3 Å². The molecule has 4 nitrogen and oxygen atoms in total. The maximum Gasteiger partial charge on any atom is 0.254 e. The molecule has 0 bridgehead atoms. The Morgan fingerprint density at radius 3 is 3.00 bits per heavy atom. The molecule has 3 N–H and O–H groups in total. The van der Waals surface area contributed by atoms with Crippen LogP contribution in [0, 0.1) is 12.7 Å². The molecule has 1 aromatic heterocycles. The lowest BCUT2D eigenvalue weighted by Crippen LogP contribution is -2.24. The molecule has 0 spiro atoms. The van der Waals surface area contributed by atoms with Crippen LogP contribution in [0.25, 0.3) is 0 Å². The summed E-state index contributed by atoms with van der Waals surface area (Å²) in [5, 5.41) is 5.19. The number of aryl methyl sites for hydroxylation is 1. The van der Waals surface area contributed by atoms with Crippen molar-refractivity contribution in [1.29, 1.82) is 0 Å². The molecule has 1 heterocycles. The highest BCUT2D eigenvalue weighted by Crippen LogP contribution is 2.17. The number of halogens is 1. The summed E-state index contributed by atoms with van der Waals surface area (Å²) in [6.07, 6.45) is 1.65. The number of thiazole rings is 1. The lowest BCUT2D eigenvalue weighted by atomic mass is 10.1. The number of nitrogens with zero attached hydrogens (tertiary/aromatic N) is 1. The number of nitrogen functional groups attached to an aromatic ring is 1. The Balaban J connectivity index is 2.14. The monoisotopic (exact) mass is 265 g/mol. The Hall–Kier alpha value is -1.95. The van der Waals surface area contributed by atoms with E-state index in [1.165, 1.54) is 23.5 Å². The van der Waals surface area contributed by atoms with Crippen LogP contribution in [0.15, 0.2) is 23.7 Å². The summed E-state index contributed by atoms with van der Waals surface area (Å²) in [6.45, 7) is 1.85. The number of anilines is 1. The summed E-state index contributed by atoms with van der Waals surface area (Å²) in [5.41, 5.74) is 6.29. The highest BCUT2D eigenvalue weighted by atomic mass is 32.1. The lowest BCUT2D eigenvalue weighted by molar-refractivity contribution is 0.0946. The number of rotatable bonds is 3. The van der Waals surface area contributed by atoms with E-state index >= 15 is 0 Å². The standard InChI is InChI=1S/C12H12FN3OS/c1-7-4-8(14)5-9(11(7)13)12(17)16-6-10-15-2-3-18-10/h2-5H,6,14H2,1H3,(H,16,17). The van der Waals surface area contributed by atoms with Gasteiger partial charge in [0.1, 0.15) is 10.8 Å². The summed E-state index contributed by atoms with van der Waals surface area (Å²) in [7, 11) is 0. The highest BCUT2D eigenvalue weighted by molar-refractivity contribution is 7.09. The molecule has 0 aliphatic rings. The molecule has 0 aliphatic carbocycles. The van der Waals surface area contributed by atoms with Crippen LogP contribution < -0.4 is 11.1 Å². The number of benzene rings is 1. The van der Waals surface area contributed by atoms with Crippen molar-refractivity contribution in [2.45, 2.75) is 13.5 Å². The predicted octanol–water partition coefficient (Wildman–Crippen LogP) is 2.10. The topological polar surface area (TPSA) is 68.0 Å². The Labute approximate surface area is 108 Å². The molecule has 6 heteroatoms. The van der Waals surface area contributed by atoms with Crippen molar-refractivity contribution in [3.05, 3.63) is 45.7 Å². The second-order valence-electron chi connectivity index (χ2n) is 3.81. The SMILES string of the molecule is Cc1cc(N)cc(C(=O)NCc2nccs2)c1F. The third-order valence-corrected chi connectivity index (χ3v) is 3.18. The van der Waals surface area contributed by atoms with Gasteiger partial charge in [0, 0.05) is 17.3 Å². The Kier molecular flexibility index (Phi) is 3.57. The van der Waals surface area contributed by atoms with Gasteiger partial charge in [-0.15, -0.1) is 11.3 Å². The highest BCUT2D eigenvalue weighted by Gasteiger charge is 2.14. The average Bonchev–Trinajstić information content (AvgIpc) is 2.83. The number of carbonyl (C=O) groups is 1. The van der Waals surface area contributed by atoms with Gasteiger partial charge in [-0.2, -0.15) is 0 Å². The van der Waals surface area contributed by atoms with E-state index < -0.39 is 11.7 Å². The van der Waals surface area contributed by atoms with E-state index in [1.807, 2.05) is 5.38 Å². The second-order valence-corrected chi connectivity index (χ2v) is 4.79.